The zero-order valence-electron chi connectivity index (χ0n) is 15.0. The molecular formula is C22H23FN2O. The molecule has 1 heterocycles. The number of fused-ring (bicyclic) bond motifs is 1. The van der Waals surface area contributed by atoms with Gasteiger partial charge in [-0.1, -0.05) is 30.7 Å². The van der Waals surface area contributed by atoms with Gasteiger partial charge < -0.3 is 5.32 Å². The molecule has 0 unspecified atom stereocenters. The highest BCUT2D eigenvalue weighted by Crippen LogP contribution is 2.19. The van der Waals surface area contributed by atoms with Crippen LogP contribution in [-0.4, -0.2) is 10.9 Å². The Morgan fingerprint density at radius 3 is 2.42 bits per heavy atom. The molecule has 0 bridgehead atoms. The first-order valence-electron chi connectivity index (χ1n) is 9.02. The van der Waals surface area contributed by atoms with Crippen molar-refractivity contribution in [2.24, 2.45) is 0 Å². The number of carbonyl (C=O) groups excluding carboxylic acids is 1. The van der Waals surface area contributed by atoms with Crippen molar-refractivity contribution in [3.63, 3.8) is 0 Å². The highest BCUT2D eigenvalue weighted by molar-refractivity contribution is 5.89. The molecule has 0 radical (unpaired) electrons. The van der Waals surface area contributed by atoms with Crippen LogP contribution < -0.4 is 5.32 Å². The van der Waals surface area contributed by atoms with E-state index in [0.717, 1.165) is 48.6 Å². The fraction of sp³-hybridized carbons (Fsp3) is 0.273. The number of hydrogen-bond acceptors (Lipinski definition) is 2. The molecule has 2 aromatic carbocycles. The monoisotopic (exact) mass is 350 g/mol. The molecule has 3 rings (SSSR count). The molecule has 0 fully saturated rings. The third kappa shape index (κ3) is 5.12. The molecule has 1 aromatic heterocycles. The van der Waals surface area contributed by atoms with Crippen molar-refractivity contribution in [2.45, 2.75) is 39.0 Å². The van der Waals surface area contributed by atoms with Gasteiger partial charge in [0, 0.05) is 12.3 Å². The van der Waals surface area contributed by atoms with E-state index in [9.17, 15) is 9.18 Å². The Morgan fingerprint density at radius 1 is 0.962 bits per heavy atom. The Morgan fingerprint density at radius 2 is 1.69 bits per heavy atom. The van der Waals surface area contributed by atoms with Gasteiger partial charge in [0.1, 0.15) is 11.6 Å². The van der Waals surface area contributed by atoms with Gasteiger partial charge in [0.2, 0.25) is 5.91 Å². The summed E-state index contributed by atoms with van der Waals surface area (Å²) in [6.45, 7) is 1.48. The van der Waals surface area contributed by atoms with E-state index in [-0.39, 0.29) is 11.7 Å². The largest absolute Gasteiger partial charge is 0.311 e. The summed E-state index contributed by atoms with van der Waals surface area (Å²) in [6, 6.07) is 16.9. The lowest BCUT2D eigenvalue weighted by atomic mass is 10.0. The second-order valence-corrected chi connectivity index (χ2v) is 6.60. The molecule has 134 valence electrons. The number of aromatic nitrogens is 1. The summed E-state index contributed by atoms with van der Waals surface area (Å²) < 4.78 is 13.2. The van der Waals surface area contributed by atoms with Crippen LogP contribution >= 0.6 is 0 Å². The summed E-state index contributed by atoms with van der Waals surface area (Å²) in [5.74, 6) is 0.299. The Hall–Kier alpha value is -2.75. The van der Waals surface area contributed by atoms with Gasteiger partial charge in [0.05, 0.1) is 5.52 Å². The molecule has 0 atom stereocenters. The van der Waals surface area contributed by atoms with Crippen molar-refractivity contribution in [1.29, 1.82) is 0 Å². The molecule has 3 nitrogen and oxygen atoms in total. The summed E-state index contributed by atoms with van der Waals surface area (Å²) in [5, 5.41) is 3.78. The van der Waals surface area contributed by atoms with Crippen molar-refractivity contribution >= 4 is 22.6 Å². The van der Waals surface area contributed by atoms with E-state index in [0.29, 0.717) is 5.82 Å². The molecule has 26 heavy (non-hydrogen) atoms. The molecule has 0 saturated carbocycles. The van der Waals surface area contributed by atoms with Gasteiger partial charge in [-0.25, -0.2) is 9.37 Å². The number of benzene rings is 2. The maximum atomic E-state index is 13.2. The number of halogens is 1. The number of amides is 1. The first kappa shape index (κ1) is 18.1. The van der Waals surface area contributed by atoms with Crippen LogP contribution in [0.15, 0.2) is 54.6 Å². The predicted octanol–water partition coefficient (Wildman–Crippen LogP) is 5.29. The number of hydrogen-bond donors (Lipinski definition) is 1. The van der Waals surface area contributed by atoms with E-state index in [1.807, 2.05) is 18.2 Å². The van der Waals surface area contributed by atoms with Gasteiger partial charge in [0.15, 0.2) is 0 Å². The molecular weight excluding hydrogens is 327 g/mol. The molecule has 0 saturated heterocycles. The second kappa shape index (κ2) is 8.56. The fourth-order valence-corrected chi connectivity index (χ4v) is 3.10. The molecule has 4 heteroatoms. The Balaban J connectivity index is 1.52. The third-order valence-corrected chi connectivity index (χ3v) is 4.38. The molecule has 0 aliphatic carbocycles. The number of unbranched alkanes of at least 4 members (excludes halogenated alkanes) is 2. The van der Waals surface area contributed by atoms with Crippen molar-refractivity contribution in [3.8, 4) is 0 Å². The van der Waals surface area contributed by atoms with Crippen LogP contribution in [0.5, 0.6) is 0 Å². The number of anilines is 1. The standard InChI is InChI=1S/C22H23FN2O/c1-16(26)24-22-13-12-19-11-10-18(15-21(19)25-22)7-4-2-3-6-17-8-5-9-20(23)14-17/h5,8-15H,2-4,6-7H2,1H3,(H,24,25,26). The molecule has 0 spiro atoms. The Bertz CT molecular complexity index is 908. The summed E-state index contributed by atoms with van der Waals surface area (Å²) >= 11 is 0. The number of nitrogens with zero attached hydrogens (tertiary/aromatic N) is 1. The van der Waals surface area contributed by atoms with Crippen LogP contribution in [0.3, 0.4) is 0 Å². The first-order chi connectivity index (χ1) is 12.6. The SMILES string of the molecule is CC(=O)Nc1ccc2ccc(CCCCCc3cccc(F)c3)cc2n1. The van der Waals surface area contributed by atoms with Crippen LogP contribution in [0.4, 0.5) is 10.2 Å². The topological polar surface area (TPSA) is 42.0 Å². The van der Waals surface area contributed by atoms with Crippen molar-refractivity contribution in [1.82, 2.24) is 4.98 Å². The lowest BCUT2D eigenvalue weighted by molar-refractivity contribution is -0.114. The first-order valence-corrected chi connectivity index (χ1v) is 9.02. The minimum absolute atomic E-state index is 0.119. The molecule has 0 aliphatic heterocycles. The number of carbonyl (C=O) groups is 1. The lowest BCUT2D eigenvalue weighted by Gasteiger charge is -2.06. The van der Waals surface area contributed by atoms with Crippen LogP contribution in [0.1, 0.15) is 37.3 Å². The second-order valence-electron chi connectivity index (χ2n) is 6.60. The molecule has 1 N–H and O–H groups in total. The van der Waals surface area contributed by atoms with Gasteiger partial charge in [-0.05, 0) is 67.1 Å². The summed E-state index contributed by atoms with van der Waals surface area (Å²) in [5.41, 5.74) is 3.20. The van der Waals surface area contributed by atoms with E-state index >= 15 is 0 Å². The average Bonchev–Trinajstić information content (AvgIpc) is 2.60. The number of rotatable bonds is 7. The highest BCUT2D eigenvalue weighted by Gasteiger charge is 2.02. The number of nitrogens with one attached hydrogen (secondary N) is 1. The smallest absolute Gasteiger partial charge is 0.222 e. The van der Waals surface area contributed by atoms with Crippen molar-refractivity contribution in [2.75, 3.05) is 5.32 Å². The summed E-state index contributed by atoms with van der Waals surface area (Å²) in [6.07, 6.45) is 5.16. The molecule has 0 aliphatic rings. The summed E-state index contributed by atoms with van der Waals surface area (Å²) in [4.78, 5) is 15.7. The zero-order valence-corrected chi connectivity index (χ0v) is 15.0. The van der Waals surface area contributed by atoms with Crippen LogP contribution in [0, 0.1) is 5.82 Å². The van der Waals surface area contributed by atoms with Gasteiger partial charge in [-0.15, -0.1) is 0 Å². The normalized spacial score (nSPS) is 10.8. The third-order valence-electron chi connectivity index (χ3n) is 4.38. The van der Waals surface area contributed by atoms with Crippen molar-refractivity contribution < 1.29 is 9.18 Å². The van der Waals surface area contributed by atoms with Gasteiger partial charge >= 0.3 is 0 Å². The van der Waals surface area contributed by atoms with Crippen molar-refractivity contribution in [3.05, 3.63) is 71.5 Å². The maximum Gasteiger partial charge on any atom is 0.222 e. The van der Waals surface area contributed by atoms with Gasteiger partial charge in [-0.2, -0.15) is 0 Å². The van der Waals surface area contributed by atoms with Crippen LogP contribution in [0.2, 0.25) is 0 Å². The fourth-order valence-electron chi connectivity index (χ4n) is 3.10. The molecule has 3 aromatic rings. The maximum absolute atomic E-state index is 13.2. The number of aryl methyl sites for hydroxylation is 2. The van der Waals surface area contributed by atoms with Crippen LogP contribution in [-0.2, 0) is 17.6 Å². The lowest BCUT2D eigenvalue weighted by Crippen LogP contribution is -2.07. The Labute approximate surface area is 153 Å². The van der Waals surface area contributed by atoms with Crippen LogP contribution in [0.25, 0.3) is 10.9 Å². The Kier molecular flexibility index (Phi) is 5.95. The average molecular weight is 350 g/mol. The zero-order chi connectivity index (χ0) is 18.4. The quantitative estimate of drug-likeness (QED) is 0.588. The minimum atomic E-state index is -0.162. The minimum Gasteiger partial charge on any atom is -0.311 e. The van der Waals surface area contributed by atoms with Gasteiger partial charge in [-0.3, -0.25) is 4.79 Å². The van der Waals surface area contributed by atoms with E-state index < -0.39 is 0 Å². The highest BCUT2D eigenvalue weighted by atomic mass is 19.1. The molecule has 1 amide bonds. The van der Waals surface area contributed by atoms with E-state index in [1.165, 1.54) is 18.6 Å². The van der Waals surface area contributed by atoms with E-state index in [1.54, 1.807) is 12.1 Å². The van der Waals surface area contributed by atoms with E-state index in [4.69, 9.17) is 0 Å². The predicted molar refractivity (Wildman–Crippen MR) is 104 cm³/mol. The van der Waals surface area contributed by atoms with E-state index in [2.05, 4.69) is 28.5 Å². The van der Waals surface area contributed by atoms with Gasteiger partial charge in [0.25, 0.3) is 0 Å². The number of pyridine rings is 1. The summed E-state index contributed by atoms with van der Waals surface area (Å²) in [7, 11) is 0.